The molecule has 4 unspecified atom stereocenters. The first kappa shape index (κ1) is 12.2. The van der Waals surface area contributed by atoms with Crippen LogP contribution in [0, 0.1) is 11.8 Å². The van der Waals surface area contributed by atoms with Gasteiger partial charge in [0.25, 0.3) is 0 Å². The Morgan fingerprint density at radius 1 is 1.38 bits per heavy atom. The summed E-state index contributed by atoms with van der Waals surface area (Å²) in [5.41, 5.74) is 0. The number of piperidine rings is 1. The molecule has 0 bridgehead atoms. The van der Waals surface area contributed by atoms with Crippen molar-refractivity contribution in [2.75, 3.05) is 19.7 Å². The lowest BCUT2D eigenvalue weighted by atomic mass is 9.95. The molecule has 0 N–H and O–H groups in total. The summed E-state index contributed by atoms with van der Waals surface area (Å²) in [4.78, 5) is 14.2. The zero-order valence-corrected chi connectivity index (χ0v) is 10.7. The Kier molecular flexibility index (Phi) is 3.75. The summed E-state index contributed by atoms with van der Waals surface area (Å²) in [6.07, 6.45) is 1.86. The van der Waals surface area contributed by atoms with Gasteiger partial charge in [0.05, 0.1) is 12.0 Å². The topological polar surface area (TPSA) is 29.5 Å². The van der Waals surface area contributed by atoms with Crippen molar-refractivity contribution in [3.05, 3.63) is 0 Å². The molecule has 0 radical (unpaired) electrons. The van der Waals surface area contributed by atoms with Crippen LogP contribution in [0.1, 0.15) is 26.7 Å². The van der Waals surface area contributed by atoms with Crippen molar-refractivity contribution in [3.63, 3.8) is 0 Å². The number of carbonyl (C=O) groups excluding carboxylic acids is 1. The summed E-state index contributed by atoms with van der Waals surface area (Å²) in [7, 11) is 0. The quantitative estimate of drug-likeness (QED) is 0.661. The molecular formula is C12H20ClNO2. The number of hydrogen-bond acceptors (Lipinski definition) is 2. The van der Waals surface area contributed by atoms with Crippen LogP contribution in [0.15, 0.2) is 0 Å². The molecule has 2 saturated heterocycles. The summed E-state index contributed by atoms with van der Waals surface area (Å²) >= 11 is 6.16. The first-order valence-corrected chi connectivity index (χ1v) is 6.57. The van der Waals surface area contributed by atoms with E-state index >= 15 is 0 Å². The minimum absolute atomic E-state index is 0.0686. The molecule has 3 nitrogen and oxygen atoms in total. The highest BCUT2D eigenvalue weighted by molar-refractivity contribution is 6.20. The molecule has 16 heavy (non-hydrogen) atoms. The van der Waals surface area contributed by atoms with Crippen molar-refractivity contribution in [2.45, 2.75) is 38.2 Å². The number of likely N-dealkylation sites (tertiary alicyclic amines) is 1. The van der Waals surface area contributed by atoms with Crippen molar-refractivity contribution in [2.24, 2.45) is 11.8 Å². The Labute approximate surface area is 102 Å². The maximum absolute atomic E-state index is 12.3. The van der Waals surface area contributed by atoms with E-state index in [1.807, 2.05) is 11.8 Å². The van der Waals surface area contributed by atoms with E-state index in [9.17, 15) is 4.79 Å². The second kappa shape index (κ2) is 4.92. The van der Waals surface area contributed by atoms with E-state index < -0.39 is 0 Å². The van der Waals surface area contributed by atoms with Crippen LogP contribution in [0.3, 0.4) is 0 Å². The molecule has 4 atom stereocenters. The van der Waals surface area contributed by atoms with Gasteiger partial charge in [-0.1, -0.05) is 6.92 Å². The summed E-state index contributed by atoms with van der Waals surface area (Å²) in [6, 6.07) is 0. The molecule has 0 aromatic rings. The first-order chi connectivity index (χ1) is 7.59. The molecule has 92 valence electrons. The van der Waals surface area contributed by atoms with Crippen molar-refractivity contribution >= 4 is 17.5 Å². The number of amides is 1. The fourth-order valence-electron chi connectivity index (χ4n) is 2.61. The fourth-order valence-corrected chi connectivity index (χ4v) is 2.78. The molecule has 0 aliphatic carbocycles. The van der Waals surface area contributed by atoms with Crippen LogP contribution in [-0.2, 0) is 9.53 Å². The van der Waals surface area contributed by atoms with E-state index in [4.69, 9.17) is 16.3 Å². The van der Waals surface area contributed by atoms with Gasteiger partial charge in [-0.2, -0.15) is 0 Å². The van der Waals surface area contributed by atoms with Gasteiger partial charge in [0.1, 0.15) is 0 Å². The largest absolute Gasteiger partial charge is 0.378 e. The van der Waals surface area contributed by atoms with Gasteiger partial charge in [-0.3, -0.25) is 4.79 Å². The number of halogens is 1. The van der Waals surface area contributed by atoms with E-state index in [-0.39, 0.29) is 23.3 Å². The molecule has 0 aromatic heterocycles. The Bertz CT molecular complexity index is 272. The third-order valence-electron chi connectivity index (χ3n) is 3.81. The van der Waals surface area contributed by atoms with Gasteiger partial charge >= 0.3 is 0 Å². The molecule has 0 spiro atoms. The molecule has 0 saturated carbocycles. The normalized spacial score (nSPS) is 40.1. The second-order valence-corrected chi connectivity index (χ2v) is 5.60. The Morgan fingerprint density at radius 3 is 2.69 bits per heavy atom. The third kappa shape index (κ3) is 2.35. The molecule has 2 fully saturated rings. The lowest BCUT2D eigenvalue weighted by Gasteiger charge is -2.36. The van der Waals surface area contributed by atoms with Gasteiger partial charge in [0.2, 0.25) is 5.91 Å². The molecule has 2 rings (SSSR count). The Morgan fingerprint density at radius 2 is 2.12 bits per heavy atom. The van der Waals surface area contributed by atoms with Crippen molar-refractivity contribution in [1.82, 2.24) is 4.90 Å². The number of rotatable bonds is 1. The van der Waals surface area contributed by atoms with Crippen LogP contribution in [0.4, 0.5) is 0 Å². The van der Waals surface area contributed by atoms with E-state index in [1.54, 1.807) is 0 Å². The molecule has 2 aliphatic rings. The van der Waals surface area contributed by atoms with Gasteiger partial charge < -0.3 is 9.64 Å². The molecular weight excluding hydrogens is 226 g/mol. The number of ether oxygens (including phenoxy) is 1. The summed E-state index contributed by atoms with van der Waals surface area (Å²) < 4.78 is 5.45. The predicted molar refractivity (Wildman–Crippen MR) is 63.5 cm³/mol. The van der Waals surface area contributed by atoms with Crippen molar-refractivity contribution in [1.29, 1.82) is 0 Å². The summed E-state index contributed by atoms with van der Waals surface area (Å²) in [5, 5.41) is 0.223. The molecule has 4 heteroatoms. The number of nitrogens with zero attached hydrogens (tertiary/aromatic N) is 1. The van der Waals surface area contributed by atoms with Crippen LogP contribution < -0.4 is 0 Å². The van der Waals surface area contributed by atoms with Crippen molar-refractivity contribution in [3.8, 4) is 0 Å². The predicted octanol–water partition coefficient (Wildman–Crippen LogP) is 1.89. The maximum atomic E-state index is 12.3. The van der Waals surface area contributed by atoms with Crippen LogP contribution in [0.2, 0.25) is 0 Å². The Balaban J connectivity index is 1.95. The monoisotopic (exact) mass is 245 g/mol. The smallest absolute Gasteiger partial charge is 0.228 e. The van der Waals surface area contributed by atoms with Crippen molar-refractivity contribution < 1.29 is 9.53 Å². The van der Waals surface area contributed by atoms with Gasteiger partial charge in [-0.05, 0) is 25.7 Å². The lowest BCUT2D eigenvalue weighted by molar-refractivity contribution is -0.138. The van der Waals surface area contributed by atoms with Crippen LogP contribution >= 0.6 is 11.6 Å². The number of carbonyl (C=O) groups is 1. The average molecular weight is 246 g/mol. The molecule has 2 heterocycles. The SMILES string of the molecule is CC1CN(C(=O)C2CCOC2C)CCC1Cl. The molecule has 2 aliphatic heterocycles. The van der Waals surface area contributed by atoms with E-state index in [0.29, 0.717) is 5.92 Å². The highest BCUT2D eigenvalue weighted by Crippen LogP contribution is 2.27. The van der Waals surface area contributed by atoms with Crippen LogP contribution in [-0.4, -0.2) is 42.0 Å². The van der Waals surface area contributed by atoms with Gasteiger partial charge in [0, 0.05) is 25.1 Å². The van der Waals surface area contributed by atoms with Crippen LogP contribution in [0.5, 0.6) is 0 Å². The molecule has 1 amide bonds. The number of alkyl halides is 1. The van der Waals surface area contributed by atoms with E-state index in [0.717, 1.165) is 32.5 Å². The first-order valence-electron chi connectivity index (χ1n) is 6.14. The van der Waals surface area contributed by atoms with Gasteiger partial charge in [-0.25, -0.2) is 0 Å². The second-order valence-electron chi connectivity index (χ2n) is 5.04. The Hall–Kier alpha value is -0.280. The zero-order chi connectivity index (χ0) is 11.7. The zero-order valence-electron chi connectivity index (χ0n) is 9.99. The average Bonchev–Trinajstić information content (AvgIpc) is 2.67. The summed E-state index contributed by atoms with van der Waals surface area (Å²) in [6.45, 7) is 6.44. The highest BCUT2D eigenvalue weighted by Gasteiger charge is 2.36. The van der Waals surface area contributed by atoms with E-state index in [1.165, 1.54) is 0 Å². The lowest BCUT2D eigenvalue weighted by Crippen LogP contribution is -2.46. The maximum Gasteiger partial charge on any atom is 0.228 e. The van der Waals surface area contributed by atoms with E-state index in [2.05, 4.69) is 6.92 Å². The fraction of sp³-hybridized carbons (Fsp3) is 0.917. The standard InChI is InChI=1S/C12H20ClNO2/c1-8-7-14(5-3-11(8)13)12(15)10-4-6-16-9(10)2/h8-11H,3-7H2,1-2H3. The number of hydrogen-bond donors (Lipinski definition) is 0. The minimum atomic E-state index is 0.0686. The third-order valence-corrected chi connectivity index (χ3v) is 4.45. The van der Waals surface area contributed by atoms with Gasteiger partial charge in [-0.15, -0.1) is 11.6 Å². The highest BCUT2D eigenvalue weighted by atomic mass is 35.5. The summed E-state index contributed by atoms with van der Waals surface area (Å²) in [5.74, 6) is 0.733. The van der Waals surface area contributed by atoms with Crippen LogP contribution in [0.25, 0.3) is 0 Å². The minimum Gasteiger partial charge on any atom is -0.378 e. The molecule has 0 aromatic carbocycles. The van der Waals surface area contributed by atoms with Gasteiger partial charge in [0.15, 0.2) is 0 Å².